The highest BCUT2D eigenvalue weighted by Crippen LogP contribution is 2.25. The maximum atomic E-state index is 10.7. The van der Waals surface area contributed by atoms with Crippen LogP contribution in [0.2, 0.25) is 5.02 Å². The Morgan fingerprint density at radius 1 is 1.56 bits per heavy atom. The summed E-state index contributed by atoms with van der Waals surface area (Å²) >= 11 is 5.57. The molecule has 0 fully saturated rings. The average Bonchev–Trinajstić information content (AvgIpc) is 2.27. The molecule has 0 unspecified atom stereocenters. The van der Waals surface area contributed by atoms with Crippen molar-refractivity contribution < 1.29 is 15.1 Å². The van der Waals surface area contributed by atoms with Crippen molar-refractivity contribution in [3.05, 3.63) is 27.4 Å². The molecule has 16 heavy (non-hydrogen) atoms. The average molecular weight is 248 g/mol. The van der Waals surface area contributed by atoms with Gasteiger partial charge in [-0.15, -0.1) is 0 Å². The number of hydrogen-bond donors (Lipinski definition) is 3. The Morgan fingerprint density at radius 2 is 2.19 bits per heavy atom. The van der Waals surface area contributed by atoms with Crippen molar-refractivity contribution in [2.75, 3.05) is 18.5 Å². The van der Waals surface area contributed by atoms with Crippen LogP contribution < -0.4 is 5.32 Å². The molecule has 0 aromatic carbocycles. The molecule has 1 rings (SSSR count). The van der Waals surface area contributed by atoms with Gasteiger partial charge in [0, 0.05) is 12.3 Å². The van der Waals surface area contributed by atoms with E-state index in [4.69, 9.17) is 21.8 Å². The second-order valence-electron chi connectivity index (χ2n) is 2.98. The van der Waals surface area contributed by atoms with Gasteiger partial charge in [0.2, 0.25) is 5.82 Å². The van der Waals surface area contributed by atoms with Gasteiger partial charge in [0.05, 0.1) is 29.2 Å². The number of pyridine rings is 1. The number of nitrogens with one attached hydrogen (secondary N) is 1. The summed E-state index contributed by atoms with van der Waals surface area (Å²) in [7, 11) is 0. The molecule has 0 spiro atoms. The van der Waals surface area contributed by atoms with Gasteiger partial charge >= 0.3 is 5.69 Å². The van der Waals surface area contributed by atoms with E-state index in [-0.39, 0.29) is 29.7 Å². The number of aliphatic hydroxyl groups excluding tert-OH is 2. The molecule has 1 aromatic heterocycles. The first-order chi connectivity index (χ1) is 7.58. The van der Waals surface area contributed by atoms with Crippen LogP contribution in [-0.4, -0.2) is 39.4 Å². The summed E-state index contributed by atoms with van der Waals surface area (Å²) in [6.07, 6.45) is 1.24. The molecular formula is C8H10ClN3O4. The van der Waals surface area contributed by atoms with E-state index in [1.165, 1.54) is 6.20 Å². The Kier molecular flexibility index (Phi) is 4.41. The first kappa shape index (κ1) is 12.6. The molecule has 0 aliphatic rings. The predicted octanol–water partition coefficient (Wildman–Crippen LogP) is 0.408. The van der Waals surface area contributed by atoms with E-state index in [1.807, 2.05) is 0 Å². The molecule has 7 nitrogen and oxygen atoms in total. The van der Waals surface area contributed by atoms with E-state index < -0.39 is 11.0 Å². The lowest BCUT2D eigenvalue weighted by Gasteiger charge is -2.13. The van der Waals surface area contributed by atoms with Gasteiger partial charge in [0.15, 0.2) is 0 Å². The molecule has 0 aliphatic heterocycles. The van der Waals surface area contributed by atoms with E-state index in [9.17, 15) is 10.1 Å². The molecule has 1 heterocycles. The standard InChI is InChI=1S/C8H10ClN3O4/c9-5-1-7(12(15)16)8(10-2-5)11-6(3-13)4-14/h1-2,6,13-14H,3-4H2,(H,10,11). The second-order valence-corrected chi connectivity index (χ2v) is 3.42. The van der Waals surface area contributed by atoms with Crippen LogP contribution in [0.4, 0.5) is 11.5 Å². The van der Waals surface area contributed by atoms with Crippen LogP contribution in [0.1, 0.15) is 0 Å². The minimum Gasteiger partial charge on any atom is -0.394 e. The number of rotatable bonds is 5. The monoisotopic (exact) mass is 247 g/mol. The Hall–Kier alpha value is -1.44. The van der Waals surface area contributed by atoms with E-state index in [0.717, 1.165) is 6.07 Å². The maximum Gasteiger partial charge on any atom is 0.312 e. The quantitative estimate of drug-likeness (QED) is 0.514. The highest BCUT2D eigenvalue weighted by atomic mass is 35.5. The highest BCUT2D eigenvalue weighted by Gasteiger charge is 2.18. The molecule has 1 aromatic rings. The molecular weight excluding hydrogens is 238 g/mol. The van der Waals surface area contributed by atoms with Gasteiger partial charge < -0.3 is 15.5 Å². The van der Waals surface area contributed by atoms with Crippen molar-refractivity contribution >= 4 is 23.1 Å². The van der Waals surface area contributed by atoms with Crippen molar-refractivity contribution in [2.45, 2.75) is 6.04 Å². The van der Waals surface area contributed by atoms with Crippen molar-refractivity contribution in [3.8, 4) is 0 Å². The molecule has 3 N–H and O–H groups in total. The smallest absolute Gasteiger partial charge is 0.312 e. The van der Waals surface area contributed by atoms with Gasteiger partial charge in [-0.05, 0) is 0 Å². The first-order valence-corrected chi connectivity index (χ1v) is 4.74. The van der Waals surface area contributed by atoms with E-state index in [2.05, 4.69) is 10.3 Å². The third-order valence-corrected chi connectivity index (χ3v) is 2.02. The van der Waals surface area contributed by atoms with E-state index in [0.29, 0.717) is 0 Å². The number of halogens is 1. The largest absolute Gasteiger partial charge is 0.394 e. The van der Waals surface area contributed by atoms with Gasteiger partial charge in [-0.25, -0.2) is 4.98 Å². The lowest BCUT2D eigenvalue weighted by molar-refractivity contribution is -0.384. The van der Waals surface area contributed by atoms with Gasteiger partial charge in [-0.1, -0.05) is 11.6 Å². The van der Waals surface area contributed by atoms with Crippen LogP contribution in [0.15, 0.2) is 12.3 Å². The normalized spacial score (nSPS) is 10.5. The number of nitrogens with zero attached hydrogens (tertiary/aromatic N) is 2. The molecule has 0 saturated heterocycles. The van der Waals surface area contributed by atoms with Crippen LogP contribution in [0.25, 0.3) is 0 Å². The molecule has 0 atom stereocenters. The SMILES string of the molecule is O=[N+]([O-])c1cc(Cl)cnc1NC(CO)CO. The van der Waals surface area contributed by atoms with Crippen LogP contribution in [-0.2, 0) is 0 Å². The Balaban J connectivity index is 2.98. The van der Waals surface area contributed by atoms with Gasteiger partial charge in [-0.3, -0.25) is 10.1 Å². The Morgan fingerprint density at radius 3 is 2.69 bits per heavy atom. The summed E-state index contributed by atoms with van der Waals surface area (Å²) in [6, 6.07) is 0.440. The summed E-state index contributed by atoms with van der Waals surface area (Å²) in [6.45, 7) is -0.726. The molecule has 0 saturated carbocycles. The molecule has 0 bridgehead atoms. The minimum absolute atomic E-state index is 0.0394. The summed E-state index contributed by atoms with van der Waals surface area (Å²) < 4.78 is 0. The molecule has 0 aliphatic carbocycles. The highest BCUT2D eigenvalue weighted by molar-refractivity contribution is 6.30. The first-order valence-electron chi connectivity index (χ1n) is 4.36. The predicted molar refractivity (Wildman–Crippen MR) is 57.5 cm³/mol. The van der Waals surface area contributed by atoms with Crippen molar-refractivity contribution in [1.82, 2.24) is 4.98 Å². The van der Waals surface area contributed by atoms with E-state index in [1.54, 1.807) is 0 Å². The molecule has 8 heteroatoms. The molecule has 88 valence electrons. The third-order valence-electron chi connectivity index (χ3n) is 1.81. The maximum absolute atomic E-state index is 10.7. The van der Waals surface area contributed by atoms with Crippen molar-refractivity contribution in [1.29, 1.82) is 0 Å². The van der Waals surface area contributed by atoms with Crippen molar-refractivity contribution in [2.24, 2.45) is 0 Å². The third kappa shape index (κ3) is 3.02. The minimum atomic E-state index is -0.702. The molecule has 0 amide bonds. The van der Waals surface area contributed by atoms with Gasteiger partial charge in [0.25, 0.3) is 0 Å². The van der Waals surface area contributed by atoms with Gasteiger partial charge in [0.1, 0.15) is 0 Å². The zero-order chi connectivity index (χ0) is 12.1. The van der Waals surface area contributed by atoms with Crippen LogP contribution in [0, 0.1) is 10.1 Å². The fourth-order valence-corrected chi connectivity index (χ4v) is 1.17. The number of nitro groups is 1. The van der Waals surface area contributed by atoms with Crippen LogP contribution >= 0.6 is 11.6 Å². The topological polar surface area (TPSA) is 109 Å². The second kappa shape index (κ2) is 5.59. The van der Waals surface area contributed by atoms with Gasteiger partial charge in [-0.2, -0.15) is 0 Å². The van der Waals surface area contributed by atoms with Crippen molar-refractivity contribution in [3.63, 3.8) is 0 Å². The fourth-order valence-electron chi connectivity index (χ4n) is 1.02. The van der Waals surface area contributed by atoms with E-state index >= 15 is 0 Å². The summed E-state index contributed by atoms with van der Waals surface area (Å²) in [5, 5.41) is 31.0. The fraction of sp³-hybridized carbons (Fsp3) is 0.375. The lowest BCUT2D eigenvalue weighted by atomic mass is 10.3. The number of aromatic nitrogens is 1. The number of anilines is 1. The summed E-state index contributed by atoms with van der Waals surface area (Å²) in [4.78, 5) is 13.8. The summed E-state index contributed by atoms with van der Waals surface area (Å²) in [5.41, 5.74) is -0.306. The Bertz CT molecular complexity index is 384. The summed E-state index contributed by atoms with van der Waals surface area (Å²) in [5.74, 6) is -0.0394. The Labute approximate surface area is 95.8 Å². The number of aliphatic hydroxyl groups is 2. The lowest BCUT2D eigenvalue weighted by Crippen LogP contribution is -2.28. The zero-order valence-corrected chi connectivity index (χ0v) is 8.89. The van der Waals surface area contributed by atoms with Crippen LogP contribution in [0.3, 0.4) is 0 Å². The zero-order valence-electron chi connectivity index (χ0n) is 8.13. The number of hydrogen-bond acceptors (Lipinski definition) is 6. The van der Waals surface area contributed by atoms with Crippen LogP contribution in [0.5, 0.6) is 0 Å². The molecule has 0 radical (unpaired) electrons.